The molecule has 1 heterocycles. The summed E-state index contributed by atoms with van der Waals surface area (Å²) in [6.45, 7) is 2.61. The average molecular weight is 262 g/mol. The van der Waals surface area contributed by atoms with Crippen molar-refractivity contribution in [1.82, 2.24) is 0 Å². The molecule has 0 saturated heterocycles. The van der Waals surface area contributed by atoms with Crippen LogP contribution in [0.4, 0.5) is 0 Å². The van der Waals surface area contributed by atoms with E-state index in [1.54, 1.807) is 11.3 Å². The predicted molar refractivity (Wildman–Crippen MR) is 75.2 cm³/mol. The maximum Gasteiger partial charge on any atom is 0.125 e. The number of hydrogen-bond acceptors (Lipinski definition) is 3. The third-order valence-electron chi connectivity index (χ3n) is 2.89. The second kappa shape index (κ2) is 6.57. The minimum atomic E-state index is -0.442. The lowest BCUT2D eigenvalue weighted by Gasteiger charge is -2.14. The van der Waals surface area contributed by atoms with Gasteiger partial charge in [-0.05, 0) is 34.9 Å². The molecule has 1 atom stereocenters. The molecule has 0 aliphatic carbocycles. The fraction of sp³-hybridized carbons (Fsp3) is 0.333. The number of aliphatic hydroxyl groups is 1. The van der Waals surface area contributed by atoms with Crippen LogP contribution < -0.4 is 4.74 Å². The molecular weight excluding hydrogens is 244 g/mol. The summed E-state index contributed by atoms with van der Waals surface area (Å²) in [5.74, 6) is 0.794. The highest BCUT2D eigenvalue weighted by Gasteiger charge is 2.10. The average Bonchev–Trinajstić information content (AvgIpc) is 2.92. The smallest absolute Gasteiger partial charge is 0.125 e. The highest BCUT2D eigenvalue weighted by molar-refractivity contribution is 7.07. The molecule has 18 heavy (non-hydrogen) atoms. The quantitative estimate of drug-likeness (QED) is 0.857. The highest BCUT2D eigenvalue weighted by atomic mass is 32.1. The lowest BCUT2D eigenvalue weighted by molar-refractivity contribution is 0.167. The number of thiophene rings is 1. The predicted octanol–water partition coefficient (Wildman–Crippen LogP) is 3.81. The number of hydrogen-bond donors (Lipinski definition) is 1. The molecule has 0 saturated carbocycles. The zero-order chi connectivity index (χ0) is 12.8. The Balaban J connectivity index is 1.96. The van der Waals surface area contributed by atoms with E-state index in [4.69, 9.17) is 4.74 Å². The van der Waals surface area contributed by atoms with Crippen molar-refractivity contribution in [2.45, 2.75) is 25.9 Å². The second-order valence-corrected chi connectivity index (χ2v) is 4.97. The molecule has 0 radical (unpaired) electrons. The van der Waals surface area contributed by atoms with Crippen LogP contribution in [0.15, 0.2) is 41.1 Å². The van der Waals surface area contributed by atoms with E-state index in [9.17, 15) is 5.11 Å². The monoisotopic (exact) mass is 262 g/mol. The van der Waals surface area contributed by atoms with E-state index < -0.39 is 6.10 Å². The Bertz CT molecular complexity index is 465. The third kappa shape index (κ3) is 3.34. The first kappa shape index (κ1) is 13.1. The van der Waals surface area contributed by atoms with Crippen LogP contribution >= 0.6 is 11.3 Å². The van der Waals surface area contributed by atoms with Crippen molar-refractivity contribution in [3.63, 3.8) is 0 Å². The van der Waals surface area contributed by atoms with E-state index in [1.807, 2.05) is 31.2 Å². The molecule has 0 bridgehead atoms. The van der Waals surface area contributed by atoms with Crippen molar-refractivity contribution in [2.24, 2.45) is 0 Å². The summed E-state index contributed by atoms with van der Waals surface area (Å²) in [6, 6.07) is 9.82. The molecule has 0 unspecified atom stereocenters. The third-order valence-corrected chi connectivity index (χ3v) is 3.63. The molecule has 2 nitrogen and oxygen atoms in total. The van der Waals surface area contributed by atoms with Crippen molar-refractivity contribution in [3.8, 4) is 5.75 Å². The first-order valence-corrected chi connectivity index (χ1v) is 7.16. The normalized spacial score (nSPS) is 12.3. The van der Waals surface area contributed by atoms with Gasteiger partial charge in [0.2, 0.25) is 0 Å². The van der Waals surface area contributed by atoms with E-state index in [1.165, 1.54) is 5.56 Å². The van der Waals surface area contributed by atoms with Crippen molar-refractivity contribution in [1.29, 1.82) is 0 Å². The van der Waals surface area contributed by atoms with Gasteiger partial charge in [-0.2, -0.15) is 11.3 Å². The van der Waals surface area contributed by atoms with Gasteiger partial charge < -0.3 is 9.84 Å². The van der Waals surface area contributed by atoms with Crippen LogP contribution in [-0.2, 0) is 6.42 Å². The van der Waals surface area contributed by atoms with E-state index >= 15 is 0 Å². The van der Waals surface area contributed by atoms with Crippen LogP contribution in [0.2, 0.25) is 0 Å². The van der Waals surface area contributed by atoms with Gasteiger partial charge in [-0.15, -0.1) is 0 Å². The van der Waals surface area contributed by atoms with Gasteiger partial charge in [0.15, 0.2) is 0 Å². The van der Waals surface area contributed by atoms with Gasteiger partial charge in [-0.3, -0.25) is 0 Å². The van der Waals surface area contributed by atoms with Gasteiger partial charge in [0.1, 0.15) is 5.75 Å². The van der Waals surface area contributed by atoms with E-state index in [-0.39, 0.29) is 0 Å². The Labute approximate surface area is 112 Å². The number of para-hydroxylation sites is 1. The molecule has 2 rings (SSSR count). The highest BCUT2D eigenvalue weighted by Crippen LogP contribution is 2.26. The lowest BCUT2D eigenvalue weighted by atomic mass is 10.1. The zero-order valence-electron chi connectivity index (χ0n) is 10.5. The number of ether oxygens (including phenoxy) is 1. The molecule has 96 valence electrons. The Hall–Kier alpha value is -1.32. The molecule has 0 amide bonds. The van der Waals surface area contributed by atoms with Gasteiger partial charge in [0, 0.05) is 12.0 Å². The minimum Gasteiger partial charge on any atom is -0.493 e. The Morgan fingerprint density at radius 2 is 2.11 bits per heavy atom. The van der Waals surface area contributed by atoms with E-state index in [0.717, 1.165) is 17.7 Å². The van der Waals surface area contributed by atoms with Crippen LogP contribution in [0.1, 0.15) is 30.6 Å². The van der Waals surface area contributed by atoms with E-state index in [0.29, 0.717) is 13.0 Å². The maximum absolute atomic E-state index is 9.92. The summed E-state index contributed by atoms with van der Waals surface area (Å²) in [4.78, 5) is 0. The molecule has 0 aliphatic heterocycles. The number of rotatable bonds is 6. The lowest BCUT2D eigenvalue weighted by Crippen LogP contribution is -2.05. The molecule has 2 aromatic rings. The van der Waals surface area contributed by atoms with Crippen LogP contribution in [-0.4, -0.2) is 11.7 Å². The topological polar surface area (TPSA) is 29.5 Å². The van der Waals surface area contributed by atoms with Crippen molar-refractivity contribution in [3.05, 3.63) is 52.2 Å². The molecule has 1 aromatic carbocycles. The van der Waals surface area contributed by atoms with Gasteiger partial charge in [-0.25, -0.2) is 0 Å². The Kier molecular flexibility index (Phi) is 4.79. The van der Waals surface area contributed by atoms with Crippen LogP contribution in [0, 0.1) is 0 Å². The van der Waals surface area contributed by atoms with Gasteiger partial charge >= 0.3 is 0 Å². The van der Waals surface area contributed by atoms with Crippen molar-refractivity contribution >= 4 is 11.3 Å². The molecule has 3 heteroatoms. The van der Waals surface area contributed by atoms with Crippen molar-refractivity contribution < 1.29 is 9.84 Å². The molecule has 0 fully saturated rings. The van der Waals surface area contributed by atoms with Gasteiger partial charge in [0.25, 0.3) is 0 Å². The fourth-order valence-electron chi connectivity index (χ4n) is 1.82. The first-order valence-electron chi connectivity index (χ1n) is 6.22. The second-order valence-electron chi connectivity index (χ2n) is 4.19. The molecule has 1 aromatic heterocycles. The number of aliphatic hydroxyl groups excluding tert-OH is 1. The summed E-state index contributed by atoms with van der Waals surface area (Å²) in [5, 5.41) is 14.1. The fourth-order valence-corrected chi connectivity index (χ4v) is 2.52. The largest absolute Gasteiger partial charge is 0.493 e. The summed E-state index contributed by atoms with van der Waals surface area (Å²) in [5.41, 5.74) is 2.18. The first-order chi connectivity index (χ1) is 8.81. The van der Waals surface area contributed by atoms with Crippen LogP contribution in [0.25, 0.3) is 0 Å². The summed E-state index contributed by atoms with van der Waals surface area (Å²) in [7, 11) is 0. The minimum absolute atomic E-state index is 0.442. The summed E-state index contributed by atoms with van der Waals surface area (Å²) < 4.78 is 5.78. The Morgan fingerprint density at radius 3 is 2.83 bits per heavy atom. The zero-order valence-corrected chi connectivity index (χ0v) is 11.3. The summed E-state index contributed by atoms with van der Waals surface area (Å²) >= 11 is 1.70. The van der Waals surface area contributed by atoms with E-state index in [2.05, 4.69) is 16.8 Å². The molecular formula is C15H18O2S. The van der Waals surface area contributed by atoms with Gasteiger partial charge in [0.05, 0.1) is 12.7 Å². The van der Waals surface area contributed by atoms with Gasteiger partial charge in [-0.1, -0.05) is 25.1 Å². The van der Waals surface area contributed by atoms with Crippen molar-refractivity contribution in [2.75, 3.05) is 6.61 Å². The van der Waals surface area contributed by atoms with Crippen LogP contribution in [0.5, 0.6) is 5.75 Å². The summed E-state index contributed by atoms with van der Waals surface area (Å²) in [6.07, 6.45) is 1.16. The standard InChI is InChI=1S/C15H18O2S/c1-2-14(16)13-5-3-4-6-15(13)17-9-7-12-8-10-18-11-12/h3-6,8,10-11,14,16H,2,7,9H2,1H3/t14-/m0/s1. The number of benzene rings is 1. The molecule has 1 N–H and O–H groups in total. The Morgan fingerprint density at radius 1 is 1.28 bits per heavy atom. The maximum atomic E-state index is 9.92. The molecule has 0 aliphatic rings. The molecule has 0 spiro atoms. The van der Waals surface area contributed by atoms with Crippen LogP contribution in [0.3, 0.4) is 0 Å². The SMILES string of the molecule is CC[C@H](O)c1ccccc1OCCc1ccsc1.